The van der Waals surface area contributed by atoms with Gasteiger partial charge in [-0.25, -0.2) is 0 Å². The van der Waals surface area contributed by atoms with Gasteiger partial charge in [-0.2, -0.15) is 0 Å². The van der Waals surface area contributed by atoms with Gasteiger partial charge >= 0.3 is 5.97 Å². The van der Waals surface area contributed by atoms with Crippen LogP contribution in [0.5, 0.6) is 0 Å². The maximum Gasteiger partial charge on any atom is 0.323 e. The molecule has 0 aliphatic heterocycles. The Morgan fingerprint density at radius 2 is 2.00 bits per heavy atom. The molecule has 0 heterocycles. The summed E-state index contributed by atoms with van der Waals surface area (Å²) in [7, 11) is 0. The van der Waals surface area contributed by atoms with Crippen molar-refractivity contribution >= 4 is 17.6 Å². The molecule has 0 unspecified atom stereocenters. The van der Waals surface area contributed by atoms with E-state index in [-0.39, 0.29) is 23.7 Å². The van der Waals surface area contributed by atoms with Crippen LogP contribution >= 0.6 is 0 Å². The van der Waals surface area contributed by atoms with Gasteiger partial charge in [0.15, 0.2) is 0 Å². The van der Waals surface area contributed by atoms with Gasteiger partial charge in [0.05, 0.1) is 4.92 Å². The molecule has 0 aliphatic rings. The molecule has 0 spiro atoms. The highest BCUT2D eigenvalue weighted by Crippen LogP contribution is 2.23. The summed E-state index contributed by atoms with van der Waals surface area (Å²) >= 11 is 0. The van der Waals surface area contributed by atoms with Gasteiger partial charge in [0.25, 0.3) is 11.6 Å². The maximum absolute atomic E-state index is 12.5. The van der Waals surface area contributed by atoms with Crippen LogP contribution < -0.4 is 0 Å². The molecule has 1 aromatic carbocycles. The van der Waals surface area contributed by atoms with E-state index < -0.39 is 23.3 Å². The number of aryl methyl sites for hydroxylation is 1. The predicted octanol–water partition coefficient (Wildman–Crippen LogP) is 2.09. The molecule has 0 saturated heterocycles. The lowest BCUT2D eigenvalue weighted by Crippen LogP contribution is -2.38. The molecule has 0 aromatic heterocycles. The van der Waals surface area contributed by atoms with Gasteiger partial charge in [0.1, 0.15) is 12.1 Å². The molecule has 1 amide bonds. The summed E-state index contributed by atoms with van der Waals surface area (Å²) in [5.41, 5.74) is 0.0943. The quantitative estimate of drug-likeness (QED) is 0.639. The van der Waals surface area contributed by atoms with Crippen LogP contribution in [0.2, 0.25) is 0 Å². The molecule has 0 saturated carbocycles. The first-order valence-corrected chi connectivity index (χ1v) is 6.49. The van der Waals surface area contributed by atoms with Crippen LogP contribution in [0.25, 0.3) is 0 Å². The van der Waals surface area contributed by atoms with E-state index in [2.05, 4.69) is 0 Å². The molecule has 0 atom stereocenters. The van der Waals surface area contributed by atoms with E-state index in [4.69, 9.17) is 5.11 Å². The number of hydrogen-bond donors (Lipinski definition) is 1. The lowest BCUT2D eigenvalue weighted by Gasteiger charge is -2.23. The van der Waals surface area contributed by atoms with E-state index in [0.717, 1.165) is 4.90 Å². The average Bonchev–Trinajstić information content (AvgIpc) is 2.35. The predicted molar refractivity (Wildman–Crippen MR) is 76.2 cm³/mol. The van der Waals surface area contributed by atoms with Crippen molar-refractivity contribution in [2.45, 2.75) is 20.8 Å². The lowest BCUT2D eigenvalue weighted by molar-refractivity contribution is -0.385. The fraction of sp³-hybridized carbons (Fsp3) is 0.429. The number of carbonyl (C=O) groups is 2. The monoisotopic (exact) mass is 294 g/mol. The molecule has 0 radical (unpaired) electrons. The zero-order chi connectivity index (χ0) is 16.2. The highest BCUT2D eigenvalue weighted by atomic mass is 16.6. The summed E-state index contributed by atoms with van der Waals surface area (Å²) in [4.78, 5) is 35.0. The molecule has 0 fully saturated rings. The van der Waals surface area contributed by atoms with Crippen LogP contribution in [0.3, 0.4) is 0 Å². The Morgan fingerprint density at radius 1 is 1.38 bits per heavy atom. The Bertz CT molecular complexity index is 568. The lowest BCUT2D eigenvalue weighted by atomic mass is 10.0. The number of carboxylic acid groups (broad SMARTS) is 1. The number of amides is 1. The molecule has 21 heavy (non-hydrogen) atoms. The fourth-order valence-corrected chi connectivity index (χ4v) is 2.06. The SMILES string of the molecule is Cc1cccc([N+](=O)[O-])c1C(=O)N(CC(=O)O)CC(C)C. The highest BCUT2D eigenvalue weighted by molar-refractivity contribution is 6.00. The van der Waals surface area contributed by atoms with Gasteiger partial charge in [-0.1, -0.05) is 26.0 Å². The third kappa shape index (κ3) is 4.27. The summed E-state index contributed by atoms with van der Waals surface area (Å²) < 4.78 is 0. The standard InChI is InChI=1S/C14H18N2O5/c1-9(2)7-15(8-12(17)18)14(19)13-10(3)5-4-6-11(13)16(20)21/h4-6,9H,7-8H2,1-3H3,(H,17,18). The van der Waals surface area contributed by atoms with E-state index >= 15 is 0 Å². The van der Waals surface area contributed by atoms with Gasteiger partial charge in [-0.05, 0) is 18.4 Å². The number of nitro groups is 1. The first-order chi connectivity index (χ1) is 9.73. The minimum Gasteiger partial charge on any atom is -0.480 e. The van der Waals surface area contributed by atoms with Crippen LogP contribution in [0.4, 0.5) is 5.69 Å². The smallest absolute Gasteiger partial charge is 0.323 e. The third-order valence-corrected chi connectivity index (χ3v) is 2.86. The van der Waals surface area contributed by atoms with Gasteiger partial charge < -0.3 is 10.0 Å². The van der Waals surface area contributed by atoms with Crippen molar-refractivity contribution in [3.05, 3.63) is 39.4 Å². The number of nitrogens with zero attached hydrogens (tertiary/aromatic N) is 2. The van der Waals surface area contributed by atoms with Crippen LogP contribution in [0, 0.1) is 23.0 Å². The van der Waals surface area contributed by atoms with Crippen molar-refractivity contribution < 1.29 is 19.6 Å². The molecular formula is C14H18N2O5. The van der Waals surface area contributed by atoms with Crippen molar-refractivity contribution in [3.8, 4) is 0 Å². The van der Waals surface area contributed by atoms with Crippen molar-refractivity contribution in [1.82, 2.24) is 4.90 Å². The molecule has 0 bridgehead atoms. The van der Waals surface area contributed by atoms with E-state index in [0.29, 0.717) is 5.56 Å². The highest BCUT2D eigenvalue weighted by Gasteiger charge is 2.28. The topological polar surface area (TPSA) is 101 Å². The van der Waals surface area contributed by atoms with Gasteiger partial charge in [0.2, 0.25) is 0 Å². The van der Waals surface area contributed by atoms with Gasteiger partial charge in [0, 0.05) is 12.6 Å². The molecule has 114 valence electrons. The maximum atomic E-state index is 12.5. The third-order valence-electron chi connectivity index (χ3n) is 2.86. The Labute approximate surface area is 122 Å². The first-order valence-electron chi connectivity index (χ1n) is 6.49. The summed E-state index contributed by atoms with van der Waals surface area (Å²) in [6.07, 6.45) is 0. The van der Waals surface area contributed by atoms with Crippen LogP contribution in [0.15, 0.2) is 18.2 Å². The Balaban J connectivity index is 3.25. The van der Waals surface area contributed by atoms with Crippen molar-refractivity contribution in [2.24, 2.45) is 5.92 Å². The Hall–Kier alpha value is -2.44. The molecular weight excluding hydrogens is 276 g/mol. The molecule has 0 aliphatic carbocycles. The number of benzene rings is 1. The normalized spacial score (nSPS) is 10.5. The summed E-state index contributed by atoms with van der Waals surface area (Å²) in [6.45, 7) is 5.01. The second-order valence-electron chi connectivity index (χ2n) is 5.20. The minimum atomic E-state index is -1.15. The molecule has 1 aromatic rings. The molecule has 7 nitrogen and oxygen atoms in total. The van der Waals surface area contributed by atoms with E-state index in [1.165, 1.54) is 12.1 Å². The first kappa shape index (κ1) is 16.6. The van der Waals surface area contributed by atoms with Crippen molar-refractivity contribution in [1.29, 1.82) is 0 Å². The number of hydrogen-bond acceptors (Lipinski definition) is 4. The number of rotatable bonds is 6. The average molecular weight is 294 g/mol. The molecule has 1 N–H and O–H groups in total. The zero-order valence-electron chi connectivity index (χ0n) is 12.2. The second-order valence-corrected chi connectivity index (χ2v) is 5.20. The van der Waals surface area contributed by atoms with Crippen LogP contribution in [0.1, 0.15) is 29.8 Å². The summed E-state index contributed by atoms with van der Waals surface area (Å²) in [6, 6.07) is 4.33. The van der Waals surface area contributed by atoms with Crippen molar-refractivity contribution in [3.63, 3.8) is 0 Å². The van der Waals surface area contributed by atoms with Crippen LogP contribution in [-0.4, -0.2) is 39.9 Å². The van der Waals surface area contributed by atoms with E-state index in [1.54, 1.807) is 13.0 Å². The Kier molecular flexibility index (Phi) is 5.40. The second kappa shape index (κ2) is 6.83. The van der Waals surface area contributed by atoms with Crippen LogP contribution in [-0.2, 0) is 4.79 Å². The summed E-state index contributed by atoms with van der Waals surface area (Å²) in [5, 5.41) is 20.0. The van der Waals surface area contributed by atoms with E-state index in [1.807, 2.05) is 13.8 Å². The van der Waals surface area contributed by atoms with Gasteiger partial charge in [-0.15, -0.1) is 0 Å². The van der Waals surface area contributed by atoms with E-state index in [9.17, 15) is 19.7 Å². The minimum absolute atomic E-state index is 0.0515. The number of carboxylic acids is 1. The number of aliphatic carboxylic acids is 1. The molecule has 1 rings (SSSR count). The van der Waals surface area contributed by atoms with Crippen molar-refractivity contribution in [2.75, 3.05) is 13.1 Å². The largest absolute Gasteiger partial charge is 0.480 e. The number of carbonyl (C=O) groups excluding carboxylic acids is 1. The Morgan fingerprint density at radius 3 is 2.48 bits per heavy atom. The zero-order valence-corrected chi connectivity index (χ0v) is 12.2. The van der Waals surface area contributed by atoms with Gasteiger partial charge in [-0.3, -0.25) is 19.7 Å². The summed E-state index contributed by atoms with van der Waals surface area (Å²) in [5.74, 6) is -1.73. The molecule has 7 heteroatoms. The fourth-order valence-electron chi connectivity index (χ4n) is 2.06. The number of nitro benzene ring substituents is 1.